The van der Waals surface area contributed by atoms with Gasteiger partial charge >= 0.3 is 0 Å². The van der Waals surface area contributed by atoms with Gasteiger partial charge in [-0.05, 0) is 38.8 Å². The van der Waals surface area contributed by atoms with Gasteiger partial charge in [-0.1, -0.05) is 6.42 Å². The number of rotatable bonds is 3. The normalized spacial score (nSPS) is 21.4. The molecule has 1 aromatic rings. The summed E-state index contributed by atoms with van der Waals surface area (Å²) in [6, 6.07) is 0. The van der Waals surface area contributed by atoms with E-state index >= 15 is 0 Å². The van der Waals surface area contributed by atoms with Gasteiger partial charge in [0.05, 0.1) is 5.69 Å². The van der Waals surface area contributed by atoms with Crippen molar-refractivity contribution < 1.29 is 0 Å². The fourth-order valence-electron chi connectivity index (χ4n) is 3.05. The zero-order chi connectivity index (χ0) is 11.5. The van der Waals surface area contributed by atoms with Gasteiger partial charge in [-0.3, -0.25) is 0 Å². The Labute approximate surface area is 104 Å². The number of hydrogen-bond donors (Lipinski definition) is 0. The minimum Gasteiger partial charge on any atom is -0.335 e. The van der Waals surface area contributed by atoms with Gasteiger partial charge in [0.1, 0.15) is 5.82 Å². The Morgan fingerprint density at radius 3 is 2.65 bits per heavy atom. The van der Waals surface area contributed by atoms with Gasteiger partial charge in [-0.15, -0.1) is 0 Å². The summed E-state index contributed by atoms with van der Waals surface area (Å²) >= 11 is 0. The first-order chi connectivity index (χ1) is 8.42. The molecule has 1 saturated heterocycles. The van der Waals surface area contributed by atoms with E-state index in [-0.39, 0.29) is 0 Å². The van der Waals surface area contributed by atoms with E-state index in [0.717, 1.165) is 6.42 Å². The number of aromatic nitrogens is 2. The van der Waals surface area contributed by atoms with E-state index in [2.05, 4.69) is 15.7 Å². The molecule has 0 saturated carbocycles. The van der Waals surface area contributed by atoms with Crippen molar-refractivity contribution in [2.45, 2.75) is 51.5 Å². The van der Waals surface area contributed by atoms with Gasteiger partial charge in [0, 0.05) is 32.1 Å². The highest BCUT2D eigenvalue weighted by Gasteiger charge is 2.14. The van der Waals surface area contributed by atoms with Crippen LogP contribution in [0.5, 0.6) is 0 Å². The molecule has 0 amide bonds. The van der Waals surface area contributed by atoms with Gasteiger partial charge < -0.3 is 9.47 Å². The SMILES string of the molecule is c1c(CCN2CCCCC2)nc2n1CCCC2. The van der Waals surface area contributed by atoms with Gasteiger partial charge in [-0.2, -0.15) is 0 Å². The van der Waals surface area contributed by atoms with E-state index in [9.17, 15) is 0 Å². The average Bonchev–Trinajstić information content (AvgIpc) is 2.80. The second kappa shape index (κ2) is 5.21. The lowest BCUT2D eigenvalue weighted by Gasteiger charge is -2.25. The number of imidazole rings is 1. The van der Waals surface area contributed by atoms with Crippen LogP contribution in [-0.4, -0.2) is 34.1 Å². The third-order valence-corrected chi connectivity index (χ3v) is 4.09. The molecule has 2 aliphatic heterocycles. The number of nitrogens with zero attached hydrogens (tertiary/aromatic N) is 3. The maximum Gasteiger partial charge on any atom is 0.108 e. The summed E-state index contributed by atoms with van der Waals surface area (Å²) in [7, 11) is 0. The lowest BCUT2D eigenvalue weighted by molar-refractivity contribution is 0.231. The molecule has 3 heteroatoms. The third kappa shape index (κ3) is 2.71. The van der Waals surface area contributed by atoms with E-state index in [1.165, 1.54) is 76.2 Å². The summed E-state index contributed by atoms with van der Waals surface area (Å²) in [5.74, 6) is 1.32. The zero-order valence-corrected chi connectivity index (χ0v) is 10.7. The fraction of sp³-hybridized carbons (Fsp3) is 0.786. The number of hydrogen-bond acceptors (Lipinski definition) is 2. The molecule has 0 bridgehead atoms. The molecule has 0 radical (unpaired) electrons. The monoisotopic (exact) mass is 233 g/mol. The van der Waals surface area contributed by atoms with Crippen LogP contribution in [0.25, 0.3) is 0 Å². The van der Waals surface area contributed by atoms with Crippen molar-refractivity contribution in [3.05, 3.63) is 17.7 Å². The Morgan fingerprint density at radius 2 is 1.82 bits per heavy atom. The van der Waals surface area contributed by atoms with Crippen LogP contribution < -0.4 is 0 Å². The van der Waals surface area contributed by atoms with Crippen molar-refractivity contribution in [1.82, 2.24) is 14.5 Å². The van der Waals surface area contributed by atoms with E-state index in [4.69, 9.17) is 4.98 Å². The largest absolute Gasteiger partial charge is 0.335 e. The molecule has 0 unspecified atom stereocenters. The molecular formula is C14H23N3. The summed E-state index contributed by atoms with van der Waals surface area (Å²) in [5.41, 5.74) is 1.31. The quantitative estimate of drug-likeness (QED) is 0.798. The fourth-order valence-corrected chi connectivity index (χ4v) is 3.05. The first kappa shape index (κ1) is 11.3. The maximum atomic E-state index is 4.77. The molecule has 2 aliphatic rings. The predicted octanol–water partition coefficient (Wildman–Crippen LogP) is 2.25. The highest BCUT2D eigenvalue weighted by molar-refractivity contribution is 5.06. The highest BCUT2D eigenvalue weighted by Crippen LogP contribution is 2.15. The highest BCUT2D eigenvalue weighted by atomic mass is 15.1. The molecule has 0 spiro atoms. The molecule has 0 N–H and O–H groups in total. The van der Waals surface area contributed by atoms with E-state index in [1.807, 2.05) is 0 Å². The van der Waals surface area contributed by atoms with E-state index in [0.29, 0.717) is 0 Å². The lowest BCUT2D eigenvalue weighted by Crippen LogP contribution is -2.31. The molecule has 3 heterocycles. The van der Waals surface area contributed by atoms with Gasteiger partial charge in [0.15, 0.2) is 0 Å². The Hall–Kier alpha value is -0.830. The molecule has 0 atom stereocenters. The van der Waals surface area contributed by atoms with Crippen molar-refractivity contribution >= 4 is 0 Å². The van der Waals surface area contributed by atoms with Crippen LogP contribution >= 0.6 is 0 Å². The van der Waals surface area contributed by atoms with Gasteiger partial charge in [0.25, 0.3) is 0 Å². The second-order valence-corrected chi connectivity index (χ2v) is 5.45. The number of fused-ring (bicyclic) bond motifs is 1. The van der Waals surface area contributed by atoms with Crippen molar-refractivity contribution in [2.24, 2.45) is 0 Å². The minimum atomic E-state index is 1.14. The molecule has 1 fully saturated rings. The molecule has 0 aromatic carbocycles. The standard InChI is InChI=1S/C14H23N3/c1-3-8-16(9-4-1)11-7-13-12-17-10-5-2-6-14(17)15-13/h12H,1-11H2. The molecule has 3 nitrogen and oxygen atoms in total. The van der Waals surface area contributed by atoms with E-state index in [1.54, 1.807) is 0 Å². The number of piperidine rings is 1. The Bertz CT molecular complexity index is 340. The molecular weight excluding hydrogens is 210 g/mol. The molecule has 17 heavy (non-hydrogen) atoms. The summed E-state index contributed by atoms with van der Waals surface area (Å²) in [4.78, 5) is 7.37. The average molecular weight is 233 g/mol. The zero-order valence-electron chi connectivity index (χ0n) is 10.7. The van der Waals surface area contributed by atoms with Crippen LogP contribution in [0.3, 0.4) is 0 Å². The Kier molecular flexibility index (Phi) is 3.46. The predicted molar refractivity (Wildman–Crippen MR) is 69.2 cm³/mol. The molecule has 1 aromatic heterocycles. The maximum absolute atomic E-state index is 4.77. The van der Waals surface area contributed by atoms with Crippen LogP contribution in [0.4, 0.5) is 0 Å². The van der Waals surface area contributed by atoms with Crippen molar-refractivity contribution in [2.75, 3.05) is 19.6 Å². The van der Waals surface area contributed by atoms with Gasteiger partial charge in [0.2, 0.25) is 0 Å². The lowest BCUT2D eigenvalue weighted by atomic mass is 10.1. The minimum absolute atomic E-state index is 1.14. The molecule has 0 aliphatic carbocycles. The summed E-state index contributed by atoms with van der Waals surface area (Å²) in [5, 5.41) is 0. The Balaban J connectivity index is 1.55. The summed E-state index contributed by atoms with van der Waals surface area (Å²) in [6.07, 6.45) is 11.5. The van der Waals surface area contributed by atoms with Crippen LogP contribution in [-0.2, 0) is 19.4 Å². The number of aryl methyl sites for hydroxylation is 2. The first-order valence-electron chi connectivity index (χ1n) is 7.19. The molecule has 3 rings (SSSR count). The topological polar surface area (TPSA) is 21.1 Å². The van der Waals surface area contributed by atoms with E-state index < -0.39 is 0 Å². The summed E-state index contributed by atoms with van der Waals surface area (Å²) < 4.78 is 2.37. The van der Waals surface area contributed by atoms with Crippen LogP contribution in [0, 0.1) is 0 Å². The first-order valence-corrected chi connectivity index (χ1v) is 7.19. The van der Waals surface area contributed by atoms with Crippen LogP contribution in [0.1, 0.15) is 43.6 Å². The van der Waals surface area contributed by atoms with Crippen LogP contribution in [0.2, 0.25) is 0 Å². The van der Waals surface area contributed by atoms with Crippen molar-refractivity contribution in [3.8, 4) is 0 Å². The molecule has 94 valence electrons. The second-order valence-electron chi connectivity index (χ2n) is 5.45. The van der Waals surface area contributed by atoms with Crippen LogP contribution in [0.15, 0.2) is 6.20 Å². The third-order valence-electron chi connectivity index (χ3n) is 4.09. The van der Waals surface area contributed by atoms with Crippen molar-refractivity contribution in [3.63, 3.8) is 0 Å². The van der Waals surface area contributed by atoms with Gasteiger partial charge in [-0.25, -0.2) is 4.98 Å². The Morgan fingerprint density at radius 1 is 1.00 bits per heavy atom. The van der Waals surface area contributed by atoms with Crippen molar-refractivity contribution in [1.29, 1.82) is 0 Å². The number of likely N-dealkylation sites (tertiary alicyclic amines) is 1. The summed E-state index contributed by atoms with van der Waals surface area (Å²) in [6.45, 7) is 4.99. The smallest absolute Gasteiger partial charge is 0.108 e.